The molecule has 1 aromatic heterocycles. The molecule has 11 nitrogen and oxygen atoms in total. The SMILES string of the molecule is CCOC(=O)CCC(NC(=O)c1nc[nH]c1[NH+]([O-])O)C(=O)OCC. The van der Waals surface area contributed by atoms with Crippen LogP contribution in [-0.2, 0) is 19.1 Å². The normalized spacial score (nSPS) is 13.0. The van der Waals surface area contributed by atoms with E-state index < -0.39 is 34.9 Å². The van der Waals surface area contributed by atoms with Crippen molar-refractivity contribution in [3.8, 4) is 0 Å². The maximum Gasteiger partial charge on any atom is 0.328 e. The average Bonchev–Trinajstić information content (AvgIpc) is 3.01. The zero-order valence-electron chi connectivity index (χ0n) is 13.3. The highest BCUT2D eigenvalue weighted by Gasteiger charge is 2.27. The third-order valence-electron chi connectivity index (χ3n) is 2.89. The third-order valence-corrected chi connectivity index (χ3v) is 2.89. The van der Waals surface area contributed by atoms with Crippen molar-refractivity contribution in [2.24, 2.45) is 0 Å². The predicted octanol–water partition coefficient (Wildman–Crippen LogP) is -1.18. The number of aromatic amines is 1. The molecule has 1 amide bonds. The lowest BCUT2D eigenvalue weighted by atomic mass is 10.1. The van der Waals surface area contributed by atoms with Crippen molar-refractivity contribution in [3.05, 3.63) is 17.2 Å². The Kier molecular flexibility index (Phi) is 7.82. The number of carbonyl (C=O) groups excluding carboxylic acids is 3. The summed E-state index contributed by atoms with van der Waals surface area (Å²) in [6.07, 6.45) is 0.899. The summed E-state index contributed by atoms with van der Waals surface area (Å²) in [4.78, 5) is 41.4. The van der Waals surface area contributed by atoms with Crippen LogP contribution in [0.2, 0.25) is 0 Å². The number of ether oxygens (including phenoxy) is 2. The van der Waals surface area contributed by atoms with Crippen molar-refractivity contribution in [1.82, 2.24) is 15.3 Å². The first-order valence-corrected chi connectivity index (χ1v) is 7.30. The van der Waals surface area contributed by atoms with Crippen molar-refractivity contribution in [2.75, 3.05) is 13.2 Å². The van der Waals surface area contributed by atoms with Crippen molar-refractivity contribution >= 4 is 23.7 Å². The zero-order chi connectivity index (χ0) is 18.1. The summed E-state index contributed by atoms with van der Waals surface area (Å²) in [7, 11) is 0. The topological polar surface area (TPSA) is 158 Å². The molecule has 24 heavy (non-hydrogen) atoms. The van der Waals surface area contributed by atoms with Gasteiger partial charge in [-0.3, -0.25) is 14.6 Å². The van der Waals surface area contributed by atoms with Gasteiger partial charge in [-0.15, -0.1) is 0 Å². The van der Waals surface area contributed by atoms with Gasteiger partial charge >= 0.3 is 11.9 Å². The van der Waals surface area contributed by atoms with Gasteiger partial charge in [0.25, 0.3) is 11.7 Å². The largest absolute Gasteiger partial charge is 0.594 e. The van der Waals surface area contributed by atoms with Crippen LogP contribution in [0.4, 0.5) is 5.82 Å². The van der Waals surface area contributed by atoms with Gasteiger partial charge in [-0.25, -0.2) is 15.0 Å². The van der Waals surface area contributed by atoms with Gasteiger partial charge in [-0.2, -0.15) is 5.23 Å². The van der Waals surface area contributed by atoms with E-state index in [2.05, 4.69) is 15.3 Å². The molecule has 1 aromatic rings. The van der Waals surface area contributed by atoms with Crippen molar-refractivity contribution in [1.29, 1.82) is 0 Å². The quantitative estimate of drug-likeness (QED) is 0.322. The molecule has 0 aromatic carbocycles. The van der Waals surface area contributed by atoms with E-state index in [-0.39, 0.29) is 31.7 Å². The molecule has 0 bridgehead atoms. The minimum atomic E-state index is -1.36. The molecular formula is C13H20N4O7. The average molecular weight is 344 g/mol. The number of rotatable bonds is 9. The highest BCUT2D eigenvalue weighted by atomic mass is 16.8. The van der Waals surface area contributed by atoms with E-state index in [0.717, 1.165) is 6.33 Å². The number of nitrogens with zero attached hydrogens (tertiary/aromatic N) is 1. The van der Waals surface area contributed by atoms with Crippen LogP contribution in [0, 0.1) is 5.21 Å². The van der Waals surface area contributed by atoms with Gasteiger partial charge in [0.15, 0.2) is 0 Å². The van der Waals surface area contributed by atoms with Crippen LogP contribution in [0.5, 0.6) is 0 Å². The van der Waals surface area contributed by atoms with E-state index in [1.807, 2.05) is 0 Å². The van der Waals surface area contributed by atoms with Gasteiger partial charge in [0.1, 0.15) is 6.04 Å². The van der Waals surface area contributed by atoms with E-state index >= 15 is 0 Å². The lowest BCUT2D eigenvalue weighted by Crippen LogP contribution is -2.99. The number of quaternary nitrogens is 1. The highest BCUT2D eigenvalue weighted by Crippen LogP contribution is 2.07. The summed E-state index contributed by atoms with van der Waals surface area (Å²) >= 11 is 0. The van der Waals surface area contributed by atoms with Gasteiger partial charge in [-0.1, -0.05) is 0 Å². The Morgan fingerprint density at radius 3 is 2.62 bits per heavy atom. The van der Waals surface area contributed by atoms with Gasteiger partial charge in [-0.05, 0) is 20.3 Å². The van der Waals surface area contributed by atoms with Crippen LogP contribution in [0.1, 0.15) is 37.2 Å². The van der Waals surface area contributed by atoms with E-state index in [9.17, 15) is 19.6 Å². The van der Waals surface area contributed by atoms with Gasteiger partial charge in [0.2, 0.25) is 5.69 Å². The van der Waals surface area contributed by atoms with Gasteiger partial charge < -0.3 is 20.0 Å². The van der Waals surface area contributed by atoms with Crippen LogP contribution in [0.25, 0.3) is 0 Å². The summed E-state index contributed by atoms with van der Waals surface area (Å²) in [5.41, 5.74) is -0.368. The van der Waals surface area contributed by atoms with Crippen LogP contribution >= 0.6 is 0 Å². The molecule has 0 aliphatic rings. The number of imidazole rings is 1. The van der Waals surface area contributed by atoms with Crippen molar-refractivity contribution in [3.63, 3.8) is 0 Å². The zero-order valence-corrected chi connectivity index (χ0v) is 13.3. The molecule has 134 valence electrons. The number of amides is 1. The molecule has 1 heterocycles. The molecule has 0 spiro atoms. The fourth-order valence-electron chi connectivity index (χ4n) is 1.84. The van der Waals surface area contributed by atoms with Crippen LogP contribution in [0.3, 0.4) is 0 Å². The number of hydrogen-bond acceptors (Lipinski definition) is 8. The van der Waals surface area contributed by atoms with Crippen LogP contribution in [0.15, 0.2) is 6.33 Å². The Labute approximate surface area is 137 Å². The first-order chi connectivity index (χ1) is 11.4. The summed E-state index contributed by atoms with van der Waals surface area (Å²) < 4.78 is 9.60. The minimum absolute atomic E-state index is 0.0454. The monoisotopic (exact) mass is 344 g/mol. The van der Waals surface area contributed by atoms with E-state index in [4.69, 9.17) is 14.7 Å². The Balaban J connectivity index is 2.79. The number of carbonyl (C=O) groups is 3. The maximum atomic E-state index is 12.1. The third kappa shape index (κ3) is 5.61. The van der Waals surface area contributed by atoms with Crippen LogP contribution in [-0.4, -0.2) is 52.3 Å². The Hall–Kier alpha value is -2.50. The van der Waals surface area contributed by atoms with Crippen molar-refractivity contribution in [2.45, 2.75) is 32.7 Å². The number of esters is 2. The second-order valence-electron chi connectivity index (χ2n) is 4.55. The molecule has 0 fully saturated rings. The highest BCUT2D eigenvalue weighted by molar-refractivity contribution is 5.97. The van der Waals surface area contributed by atoms with E-state index in [1.165, 1.54) is 0 Å². The fourth-order valence-corrected chi connectivity index (χ4v) is 1.84. The summed E-state index contributed by atoms with van der Waals surface area (Å²) in [5.74, 6) is -2.52. The second-order valence-corrected chi connectivity index (χ2v) is 4.55. The molecule has 1 rings (SSSR count). The lowest BCUT2D eigenvalue weighted by Gasteiger charge is -2.17. The number of aromatic nitrogens is 2. The molecule has 0 radical (unpaired) electrons. The summed E-state index contributed by atoms with van der Waals surface area (Å²) in [5, 5.41) is 20.9. The Morgan fingerprint density at radius 1 is 1.38 bits per heavy atom. The molecule has 0 saturated heterocycles. The molecule has 2 atom stereocenters. The Morgan fingerprint density at radius 2 is 2.04 bits per heavy atom. The molecule has 0 aliphatic heterocycles. The molecular weight excluding hydrogens is 324 g/mol. The molecule has 2 unspecified atom stereocenters. The first-order valence-electron chi connectivity index (χ1n) is 7.30. The lowest BCUT2D eigenvalue weighted by molar-refractivity contribution is -0.993. The van der Waals surface area contributed by atoms with E-state index in [1.54, 1.807) is 13.8 Å². The first kappa shape index (κ1) is 19.5. The van der Waals surface area contributed by atoms with Crippen LogP contribution < -0.4 is 10.5 Å². The smallest absolute Gasteiger partial charge is 0.328 e. The molecule has 0 aliphatic carbocycles. The Bertz CT molecular complexity index is 572. The van der Waals surface area contributed by atoms with Gasteiger partial charge in [0.05, 0.1) is 19.5 Å². The molecule has 4 N–H and O–H groups in total. The van der Waals surface area contributed by atoms with Crippen molar-refractivity contribution < 1.29 is 34.3 Å². The van der Waals surface area contributed by atoms with E-state index in [0.29, 0.717) is 0 Å². The minimum Gasteiger partial charge on any atom is -0.594 e. The maximum absolute atomic E-state index is 12.1. The predicted molar refractivity (Wildman–Crippen MR) is 78.1 cm³/mol. The summed E-state index contributed by atoms with van der Waals surface area (Å²) in [6, 6.07) is -1.12. The number of H-pyrrole nitrogens is 1. The number of hydrogen-bond donors (Lipinski definition) is 4. The van der Waals surface area contributed by atoms with Gasteiger partial charge in [0, 0.05) is 6.42 Å². The summed E-state index contributed by atoms with van der Waals surface area (Å²) in [6.45, 7) is 3.53. The molecule has 11 heteroatoms. The fraction of sp³-hybridized carbons (Fsp3) is 0.538. The second kappa shape index (κ2) is 9.60. The standard InChI is InChI=1S/C13H20N4O7/c1-3-23-9(18)6-5-8(13(20)24-4-2)16-12(19)10-11(17(21)22)15-7-14-10/h7-8,17,21H,3-6H2,1-2H3,(H,14,15)(H,16,19). The number of nitrogens with one attached hydrogen (secondary N) is 3. The molecule has 0 saturated carbocycles.